The van der Waals surface area contributed by atoms with Crippen LogP contribution in [0.15, 0.2) is 18.2 Å². The number of fused-ring (bicyclic) bond motifs is 1. The van der Waals surface area contributed by atoms with Crippen LogP contribution in [-0.2, 0) is 34.2 Å². The number of nitrogens with zero attached hydrogens (tertiary/aromatic N) is 4. The Bertz CT molecular complexity index is 1140. The number of hydrogen-bond donors (Lipinski definition) is 3. The lowest BCUT2D eigenvalue weighted by molar-refractivity contribution is -0.130. The maximum absolute atomic E-state index is 12.1. The average Bonchev–Trinajstić information content (AvgIpc) is 2.72. The second kappa shape index (κ2) is 10.6. The number of carbonyl (C=O) groups excluding carboxylic acids is 1. The van der Waals surface area contributed by atoms with E-state index in [1.54, 1.807) is 11.9 Å². The molecule has 1 unspecified atom stereocenters. The lowest BCUT2D eigenvalue weighted by atomic mass is 9.91. The monoisotopic (exact) mass is 490 g/mol. The quantitative estimate of drug-likeness (QED) is 0.459. The van der Waals surface area contributed by atoms with Crippen LogP contribution in [0.1, 0.15) is 55.6 Å². The molecule has 1 aliphatic rings. The molecule has 0 spiro atoms. The van der Waals surface area contributed by atoms with Gasteiger partial charge in [-0.05, 0) is 34.9 Å². The molecule has 10 nitrogen and oxygen atoms in total. The number of rotatable bonds is 10. The second-order valence-corrected chi connectivity index (χ2v) is 11.2. The van der Waals surface area contributed by atoms with Crippen molar-refractivity contribution in [1.29, 1.82) is 0 Å². The molecule has 186 valence electrons. The number of carbonyl (C=O) groups is 1. The number of amides is 1. The summed E-state index contributed by atoms with van der Waals surface area (Å²) in [7, 11) is -1.78. The number of hydrogen-bond acceptors (Lipinski definition) is 8. The first-order valence-electron chi connectivity index (χ1n) is 11.4. The molecule has 3 N–H and O–H groups in total. The molecule has 3 rings (SSSR count). The van der Waals surface area contributed by atoms with Gasteiger partial charge in [0.25, 0.3) is 0 Å². The second-order valence-electron chi connectivity index (χ2n) is 9.49. The smallest absolute Gasteiger partial charge is 0.241 e. The number of likely N-dealkylation sites (N-methyl/N-ethyl adjacent to an activating group) is 1. The molecule has 11 heteroatoms. The molecule has 34 heavy (non-hydrogen) atoms. The summed E-state index contributed by atoms with van der Waals surface area (Å²) in [5, 5.41) is 12.8. The molecule has 0 fully saturated rings. The maximum atomic E-state index is 12.1. The first-order valence-corrected chi connectivity index (χ1v) is 13.3. The number of aliphatic hydroxyl groups excluding tert-OH is 1. The lowest BCUT2D eigenvalue weighted by Gasteiger charge is -2.26. The summed E-state index contributed by atoms with van der Waals surface area (Å²) in [5.41, 5.74) is 3.23. The SMILES string of the molecule is CC(C)C[C@H](CO)Nc1nc(CC(C)c2ccc3c(c2)CC(=O)N(C)C3)nc(NS(C)(=O)=O)n1. The fraction of sp³-hybridized carbons (Fsp3) is 0.565. The Morgan fingerprint density at radius 2 is 1.82 bits per heavy atom. The Hall–Kier alpha value is -2.79. The van der Waals surface area contributed by atoms with Crippen LogP contribution in [0.4, 0.5) is 11.9 Å². The summed E-state index contributed by atoms with van der Waals surface area (Å²) in [6.45, 7) is 6.63. The predicted molar refractivity (Wildman–Crippen MR) is 131 cm³/mol. The highest BCUT2D eigenvalue weighted by molar-refractivity contribution is 7.91. The van der Waals surface area contributed by atoms with E-state index in [0.29, 0.717) is 37.5 Å². The minimum atomic E-state index is -3.58. The summed E-state index contributed by atoms with van der Waals surface area (Å²) < 4.78 is 25.9. The molecule has 0 saturated heterocycles. The summed E-state index contributed by atoms with van der Waals surface area (Å²) >= 11 is 0. The third-order valence-electron chi connectivity index (χ3n) is 5.73. The first-order chi connectivity index (χ1) is 15.9. The van der Waals surface area contributed by atoms with Gasteiger partial charge in [-0.2, -0.15) is 15.0 Å². The number of nitrogens with one attached hydrogen (secondary N) is 2. The summed E-state index contributed by atoms with van der Waals surface area (Å²) in [6.07, 6.45) is 2.56. The van der Waals surface area contributed by atoms with Crippen LogP contribution in [0, 0.1) is 5.92 Å². The van der Waals surface area contributed by atoms with Gasteiger partial charge in [0.15, 0.2) is 0 Å². The van der Waals surface area contributed by atoms with Gasteiger partial charge in [0.05, 0.1) is 25.3 Å². The zero-order valence-corrected chi connectivity index (χ0v) is 21.2. The zero-order valence-electron chi connectivity index (χ0n) is 20.4. The van der Waals surface area contributed by atoms with E-state index in [4.69, 9.17) is 0 Å². The molecular weight excluding hydrogens is 456 g/mol. The van der Waals surface area contributed by atoms with Gasteiger partial charge in [0.2, 0.25) is 27.8 Å². The number of sulfonamides is 1. The van der Waals surface area contributed by atoms with Crippen LogP contribution in [-0.4, -0.2) is 65.2 Å². The van der Waals surface area contributed by atoms with Crippen molar-refractivity contribution in [2.24, 2.45) is 5.92 Å². The zero-order chi connectivity index (χ0) is 25.0. The van der Waals surface area contributed by atoms with Crippen molar-refractivity contribution < 1.29 is 18.3 Å². The van der Waals surface area contributed by atoms with Gasteiger partial charge in [0.1, 0.15) is 5.82 Å². The predicted octanol–water partition coefficient (Wildman–Crippen LogP) is 1.92. The molecule has 2 aromatic rings. The van der Waals surface area contributed by atoms with E-state index >= 15 is 0 Å². The fourth-order valence-electron chi connectivity index (χ4n) is 4.02. The van der Waals surface area contributed by atoms with Crippen LogP contribution in [0.3, 0.4) is 0 Å². The highest BCUT2D eigenvalue weighted by Gasteiger charge is 2.22. The molecule has 1 aromatic carbocycles. The van der Waals surface area contributed by atoms with Gasteiger partial charge in [-0.15, -0.1) is 0 Å². The Kier molecular flexibility index (Phi) is 8.09. The molecular formula is C23H34N6O4S. The summed E-state index contributed by atoms with van der Waals surface area (Å²) in [5.74, 6) is 1.03. The number of benzene rings is 1. The summed E-state index contributed by atoms with van der Waals surface area (Å²) in [4.78, 5) is 26.8. The van der Waals surface area contributed by atoms with E-state index in [0.717, 1.165) is 22.9 Å². The molecule has 0 saturated carbocycles. The van der Waals surface area contributed by atoms with E-state index in [2.05, 4.69) is 37.1 Å². The molecule has 0 radical (unpaired) electrons. The van der Waals surface area contributed by atoms with E-state index < -0.39 is 10.0 Å². The standard InChI is InChI=1S/C23H34N6O4S/c1-14(2)8-19(13-30)24-22-25-20(26-23(27-22)28-34(5,32)33)9-15(3)16-6-7-17-12-29(4)21(31)11-18(17)10-16/h6-7,10,14-15,19,30H,8-9,11-13H2,1-5H3,(H2,24,25,26,27,28)/t15?,19-/m1/s1. The van der Waals surface area contributed by atoms with Gasteiger partial charge in [-0.1, -0.05) is 39.0 Å². The molecule has 2 atom stereocenters. The highest BCUT2D eigenvalue weighted by Crippen LogP contribution is 2.26. The Morgan fingerprint density at radius 3 is 2.47 bits per heavy atom. The van der Waals surface area contributed by atoms with Gasteiger partial charge in [-0.25, -0.2) is 8.42 Å². The lowest BCUT2D eigenvalue weighted by Crippen LogP contribution is -2.32. The van der Waals surface area contributed by atoms with Crippen LogP contribution < -0.4 is 10.0 Å². The van der Waals surface area contributed by atoms with Crippen molar-refractivity contribution in [3.8, 4) is 0 Å². The van der Waals surface area contributed by atoms with Crippen LogP contribution in [0.25, 0.3) is 0 Å². The summed E-state index contributed by atoms with van der Waals surface area (Å²) in [6, 6.07) is 5.90. The van der Waals surface area contributed by atoms with Crippen LogP contribution in [0.5, 0.6) is 0 Å². The van der Waals surface area contributed by atoms with Crippen molar-refractivity contribution >= 4 is 27.8 Å². The van der Waals surface area contributed by atoms with Gasteiger partial charge in [-0.3, -0.25) is 9.52 Å². The fourth-order valence-corrected chi connectivity index (χ4v) is 4.45. The number of aliphatic hydroxyl groups is 1. The molecule has 1 aliphatic heterocycles. The third kappa shape index (κ3) is 7.10. The molecule has 0 bridgehead atoms. The Morgan fingerprint density at radius 1 is 1.12 bits per heavy atom. The van der Waals surface area contributed by atoms with E-state index in [1.807, 2.05) is 26.8 Å². The van der Waals surface area contributed by atoms with E-state index in [1.165, 1.54) is 0 Å². The topological polar surface area (TPSA) is 137 Å². The van der Waals surface area contributed by atoms with Gasteiger partial charge >= 0.3 is 0 Å². The Balaban J connectivity index is 1.85. The molecule has 1 amide bonds. The van der Waals surface area contributed by atoms with Crippen molar-refractivity contribution in [3.63, 3.8) is 0 Å². The number of anilines is 2. The van der Waals surface area contributed by atoms with Crippen molar-refractivity contribution in [2.75, 3.05) is 29.9 Å². The largest absolute Gasteiger partial charge is 0.394 e. The van der Waals surface area contributed by atoms with Crippen molar-refractivity contribution in [1.82, 2.24) is 19.9 Å². The Labute approximate surface area is 201 Å². The average molecular weight is 491 g/mol. The van der Waals surface area contributed by atoms with Crippen molar-refractivity contribution in [2.45, 2.75) is 58.5 Å². The molecule has 0 aliphatic carbocycles. The first kappa shape index (κ1) is 25.8. The maximum Gasteiger partial charge on any atom is 0.241 e. The molecule has 2 heterocycles. The third-order valence-corrected chi connectivity index (χ3v) is 6.28. The molecule has 1 aromatic heterocycles. The van der Waals surface area contributed by atoms with E-state index in [-0.39, 0.29) is 36.4 Å². The minimum Gasteiger partial charge on any atom is -0.394 e. The highest BCUT2D eigenvalue weighted by atomic mass is 32.2. The van der Waals surface area contributed by atoms with Crippen LogP contribution in [0.2, 0.25) is 0 Å². The van der Waals surface area contributed by atoms with Gasteiger partial charge < -0.3 is 15.3 Å². The van der Waals surface area contributed by atoms with E-state index in [9.17, 15) is 18.3 Å². The van der Waals surface area contributed by atoms with Crippen molar-refractivity contribution in [3.05, 3.63) is 40.7 Å². The minimum absolute atomic E-state index is 0.0192. The number of aromatic nitrogens is 3. The normalized spacial score (nSPS) is 15.7. The van der Waals surface area contributed by atoms with Gasteiger partial charge in [0, 0.05) is 20.0 Å². The van der Waals surface area contributed by atoms with Crippen LogP contribution >= 0.6 is 0 Å².